The van der Waals surface area contributed by atoms with E-state index in [0.717, 1.165) is 6.07 Å². The molecule has 0 spiro atoms. The second-order valence-electron chi connectivity index (χ2n) is 3.77. The number of rotatable bonds is 2. The van der Waals surface area contributed by atoms with Crippen molar-refractivity contribution in [1.82, 2.24) is 0 Å². The highest BCUT2D eigenvalue weighted by Gasteiger charge is 2.10. The van der Waals surface area contributed by atoms with Crippen molar-refractivity contribution in [2.45, 2.75) is 6.42 Å². The molecule has 1 N–H and O–H groups in total. The van der Waals surface area contributed by atoms with Crippen LogP contribution in [0.1, 0.15) is 22.5 Å². The first kappa shape index (κ1) is 13.2. The molecule has 0 saturated carbocycles. The zero-order valence-electron chi connectivity index (χ0n) is 9.84. The lowest BCUT2D eigenvalue weighted by Crippen LogP contribution is -2.06. The maximum atomic E-state index is 11.8. The number of carboxylic acids is 1. The summed E-state index contributed by atoms with van der Waals surface area (Å²) < 4.78 is 5.12. The number of thiol groups is 1. The minimum atomic E-state index is -1.27. The molecule has 19 heavy (non-hydrogen) atoms. The summed E-state index contributed by atoms with van der Waals surface area (Å²) in [6, 6.07) is 5.80. The number of aromatic carboxylic acids is 1. The first-order valence-electron chi connectivity index (χ1n) is 5.53. The number of hydrogen-bond acceptors (Lipinski definition) is 4. The number of benzene rings is 1. The maximum absolute atomic E-state index is 11.8. The Kier molecular flexibility index (Phi) is 3.93. The number of carboxylic acid groups (broad SMARTS) is 1. The largest absolute Gasteiger partial charge is 0.475 e. The second-order valence-corrected chi connectivity index (χ2v) is 4.21. The van der Waals surface area contributed by atoms with Crippen LogP contribution in [0.25, 0.3) is 11.0 Å². The minimum Gasteiger partial charge on any atom is -0.475 e. The summed E-state index contributed by atoms with van der Waals surface area (Å²) in [6.45, 7) is 0. The quantitative estimate of drug-likeness (QED) is 0.650. The second kappa shape index (κ2) is 5.63. The number of fused-ring (bicyclic) bond motifs is 1. The van der Waals surface area contributed by atoms with Crippen molar-refractivity contribution in [3.63, 3.8) is 0 Å². The molecule has 0 aliphatic heterocycles. The van der Waals surface area contributed by atoms with Gasteiger partial charge in [-0.15, -0.1) is 0 Å². The van der Waals surface area contributed by atoms with Crippen molar-refractivity contribution in [3.8, 4) is 11.8 Å². The average molecular weight is 274 g/mol. The van der Waals surface area contributed by atoms with Crippen molar-refractivity contribution in [1.29, 1.82) is 0 Å². The Hall–Kier alpha value is -2.19. The predicted octanol–water partition coefficient (Wildman–Crippen LogP) is 2.16. The van der Waals surface area contributed by atoms with Crippen molar-refractivity contribution < 1.29 is 14.3 Å². The van der Waals surface area contributed by atoms with E-state index in [0.29, 0.717) is 23.1 Å². The highest BCUT2D eigenvalue weighted by Crippen LogP contribution is 2.14. The highest BCUT2D eigenvalue weighted by atomic mass is 32.1. The molecule has 4 nitrogen and oxygen atoms in total. The summed E-state index contributed by atoms with van der Waals surface area (Å²) in [5, 5.41) is 9.13. The van der Waals surface area contributed by atoms with Crippen molar-refractivity contribution in [2.24, 2.45) is 0 Å². The Morgan fingerprint density at radius 3 is 2.84 bits per heavy atom. The van der Waals surface area contributed by atoms with Crippen LogP contribution in [0.3, 0.4) is 0 Å². The third kappa shape index (κ3) is 2.98. The number of carbonyl (C=O) groups is 1. The molecule has 0 aliphatic rings. The Morgan fingerprint density at radius 2 is 2.16 bits per heavy atom. The lowest BCUT2D eigenvalue weighted by Gasteiger charge is -1.99. The van der Waals surface area contributed by atoms with E-state index in [9.17, 15) is 9.59 Å². The standard InChI is InChI=1S/C14H10O4S/c15-11-8-13(14(16)17)18-12-5-4-9(7-10(11)12)3-1-2-6-19/h4-5,7-8,19H,2,6H2,(H,16,17). The van der Waals surface area contributed by atoms with Gasteiger partial charge in [-0.05, 0) is 18.2 Å². The van der Waals surface area contributed by atoms with Crippen LogP contribution >= 0.6 is 12.6 Å². The molecule has 0 amide bonds. The van der Waals surface area contributed by atoms with E-state index < -0.39 is 11.4 Å². The van der Waals surface area contributed by atoms with E-state index in [-0.39, 0.29) is 11.3 Å². The lowest BCUT2D eigenvalue weighted by molar-refractivity contribution is 0.0663. The molecule has 0 fully saturated rings. The van der Waals surface area contributed by atoms with Crippen LogP contribution in [-0.2, 0) is 0 Å². The SMILES string of the molecule is O=C(O)c1cc(=O)c2cc(C#CCCS)ccc2o1. The fourth-order valence-electron chi connectivity index (χ4n) is 1.56. The Balaban J connectivity index is 2.54. The molecule has 0 bridgehead atoms. The van der Waals surface area contributed by atoms with E-state index in [4.69, 9.17) is 9.52 Å². The zero-order chi connectivity index (χ0) is 13.8. The van der Waals surface area contributed by atoms with E-state index >= 15 is 0 Å². The van der Waals surface area contributed by atoms with Gasteiger partial charge in [0.15, 0.2) is 5.43 Å². The molecular formula is C14H10O4S. The number of hydrogen-bond donors (Lipinski definition) is 2. The molecular weight excluding hydrogens is 264 g/mol. The third-order valence-electron chi connectivity index (χ3n) is 2.41. The molecule has 0 aliphatic carbocycles. The third-order valence-corrected chi connectivity index (χ3v) is 2.63. The predicted molar refractivity (Wildman–Crippen MR) is 74.8 cm³/mol. The van der Waals surface area contributed by atoms with E-state index in [1.54, 1.807) is 18.2 Å². The zero-order valence-corrected chi connectivity index (χ0v) is 10.7. The van der Waals surface area contributed by atoms with Gasteiger partial charge in [0, 0.05) is 23.8 Å². The van der Waals surface area contributed by atoms with E-state index in [1.807, 2.05) is 0 Å². The Labute approximate surface area is 114 Å². The normalized spacial score (nSPS) is 9.95. The Morgan fingerprint density at radius 1 is 1.37 bits per heavy atom. The van der Waals surface area contributed by atoms with Crippen molar-refractivity contribution in [2.75, 3.05) is 5.75 Å². The summed E-state index contributed by atoms with van der Waals surface area (Å²) in [4.78, 5) is 22.6. The molecule has 2 rings (SSSR count). The molecule has 2 aromatic rings. The summed E-state index contributed by atoms with van der Waals surface area (Å²) in [5.74, 6) is 4.85. The Bertz CT molecular complexity index is 749. The van der Waals surface area contributed by atoms with Crippen molar-refractivity contribution in [3.05, 3.63) is 45.8 Å². The lowest BCUT2D eigenvalue weighted by atomic mass is 10.1. The van der Waals surface area contributed by atoms with Crippen LogP contribution in [0.15, 0.2) is 33.5 Å². The molecule has 0 saturated heterocycles. The van der Waals surface area contributed by atoms with Gasteiger partial charge in [-0.3, -0.25) is 4.79 Å². The molecule has 1 aromatic heterocycles. The highest BCUT2D eigenvalue weighted by molar-refractivity contribution is 7.80. The van der Waals surface area contributed by atoms with Crippen LogP contribution in [0.2, 0.25) is 0 Å². The molecule has 0 atom stereocenters. The van der Waals surface area contributed by atoms with E-state index in [1.165, 1.54) is 0 Å². The smallest absolute Gasteiger partial charge is 0.371 e. The van der Waals surface area contributed by atoms with Gasteiger partial charge in [-0.2, -0.15) is 12.6 Å². The van der Waals surface area contributed by atoms with Gasteiger partial charge in [0.25, 0.3) is 0 Å². The van der Waals surface area contributed by atoms with Crippen LogP contribution in [0, 0.1) is 11.8 Å². The first-order chi connectivity index (χ1) is 9.11. The molecule has 1 heterocycles. The average Bonchev–Trinajstić information content (AvgIpc) is 2.39. The van der Waals surface area contributed by atoms with E-state index in [2.05, 4.69) is 24.5 Å². The van der Waals surface area contributed by atoms with Gasteiger partial charge in [-0.25, -0.2) is 4.79 Å². The maximum Gasteiger partial charge on any atom is 0.371 e. The van der Waals surface area contributed by atoms with Gasteiger partial charge in [-0.1, -0.05) is 11.8 Å². The fourth-order valence-corrected chi connectivity index (χ4v) is 1.67. The van der Waals surface area contributed by atoms with Gasteiger partial charge in [0.2, 0.25) is 5.76 Å². The monoisotopic (exact) mass is 274 g/mol. The summed E-state index contributed by atoms with van der Waals surface area (Å²) in [6.07, 6.45) is 0.660. The molecule has 0 radical (unpaired) electrons. The molecule has 1 aromatic carbocycles. The van der Waals surface area contributed by atoms with Gasteiger partial charge in [0.05, 0.1) is 5.39 Å². The molecule has 0 unspecified atom stereocenters. The van der Waals surface area contributed by atoms with Crippen LogP contribution in [-0.4, -0.2) is 16.8 Å². The summed E-state index contributed by atoms with van der Waals surface area (Å²) >= 11 is 4.05. The van der Waals surface area contributed by atoms with Crippen LogP contribution < -0.4 is 5.43 Å². The first-order valence-corrected chi connectivity index (χ1v) is 6.16. The minimum absolute atomic E-state index is 0.240. The van der Waals surface area contributed by atoms with Gasteiger partial charge >= 0.3 is 5.97 Å². The van der Waals surface area contributed by atoms with Crippen LogP contribution in [0.4, 0.5) is 0 Å². The van der Waals surface area contributed by atoms with Gasteiger partial charge in [0.1, 0.15) is 5.58 Å². The van der Waals surface area contributed by atoms with Crippen molar-refractivity contribution >= 4 is 29.6 Å². The van der Waals surface area contributed by atoms with Gasteiger partial charge < -0.3 is 9.52 Å². The molecule has 96 valence electrons. The van der Waals surface area contributed by atoms with Crippen LogP contribution in [0.5, 0.6) is 0 Å². The summed E-state index contributed by atoms with van der Waals surface area (Å²) in [5.41, 5.74) is 0.533. The summed E-state index contributed by atoms with van der Waals surface area (Å²) in [7, 11) is 0. The topological polar surface area (TPSA) is 67.5 Å². The molecule has 5 heteroatoms. The fraction of sp³-hybridized carbons (Fsp3) is 0.143.